The molecule has 2 heteroatoms. The van der Waals surface area contributed by atoms with Crippen LogP contribution in [0.15, 0.2) is 218 Å². The minimum absolute atomic E-state index is 0.0836. The summed E-state index contributed by atoms with van der Waals surface area (Å²) in [4.78, 5) is 10.5. The molecule has 0 bridgehead atoms. The minimum atomic E-state index is -0.0836. The first-order valence-electron chi connectivity index (χ1n) is 21.1. The van der Waals surface area contributed by atoms with Gasteiger partial charge in [-0.25, -0.2) is 9.97 Å². The molecule has 0 N–H and O–H groups in total. The molecule has 9 aromatic carbocycles. The summed E-state index contributed by atoms with van der Waals surface area (Å²) in [5.74, 6) is 0.701. The van der Waals surface area contributed by atoms with Gasteiger partial charge >= 0.3 is 0 Å². The lowest BCUT2D eigenvalue weighted by Crippen LogP contribution is -2.14. The highest BCUT2D eigenvalue weighted by molar-refractivity contribution is 6.05. The molecule has 1 aromatic heterocycles. The molecule has 1 aliphatic carbocycles. The Kier molecular flexibility index (Phi) is 8.86. The van der Waals surface area contributed by atoms with E-state index in [-0.39, 0.29) is 5.41 Å². The average molecular weight is 779 g/mol. The summed E-state index contributed by atoms with van der Waals surface area (Å²) in [5.41, 5.74) is 19.7. The van der Waals surface area contributed by atoms with E-state index in [0.29, 0.717) is 5.82 Å². The molecule has 0 amide bonds. The molecule has 0 fully saturated rings. The number of aromatic nitrogens is 2. The summed E-state index contributed by atoms with van der Waals surface area (Å²) in [6, 6.07) is 78.7. The molecule has 1 aliphatic rings. The van der Waals surface area contributed by atoms with E-state index in [1.807, 2.05) is 18.2 Å². The maximum Gasteiger partial charge on any atom is 0.160 e. The van der Waals surface area contributed by atoms with Gasteiger partial charge in [0, 0.05) is 22.1 Å². The Balaban J connectivity index is 1.07. The van der Waals surface area contributed by atoms with Crippen LogP contribution in [-0.4, -0.2) is 9.97 Å². The lowest BCUT2D eigenvalue weighted by atomic mass is 9.81. The van der Waals surface area contributed by atoms with Crippen LogP contribution in [-0.2, 0) is 5.41 Å². The number of nitrogens with zero attached hydrogens (tertiary/aromatic N) is 2. The van der Waals surface area contributed by atoms with Crippen molar-refractivity contribution in [3.05, 3.63) is 230 Å². The highest BCUT2D eigenvalue weighted by Crippen LogP contribution is 2.50. The van der Waals surface area contributed by atoms with Crippen LogP contribution in [0.5, 0.6) is 0 Å². The first-order valence-corrected chi connectivity index (χ1v) is 21.1. The van der Waals surface area contributed by atoms with Crippen LogP contribution >= 0.6 is 0 Å². The SMILES string of the molecule is CC1(C)c2ccccc2-c2ccc(-c3cc(-c4ccccc4)cc(-c4ccc(-c5cc(-c6cccc(-c7ccccc7)c6)nc(-c6ccccc6)n5)c5ccccc45)c3)cc21. The van der Waals surface area contributed by atoms with Crippen molar-refractivity contribution in [2.24, 2.45) is 0 Å². The third kappa shape index (κ3) is 6.54. The summed E-state index contributed by atoms with van der Waals surface area (Å²) in [7, 11) is 0. The van der Waals surface area contributed by atoms with Gasteiger partial charge in [-0.05, 0) is 114 Å². The van der Waals surface area contributed by atoms with Crippen LogP contribution in [0, 0.1) is 0 Å². The van der Waals surface area contributed by atoms with Gasteiger partial charge < -0.3 is 0 Å². The number of benzene rings is 9. The van der Waals surface area contributed by atoms with E-state index in [1.54, 1.807) is 0 Å². The number of fused-ring (bicyclic) bond motifs is 4. The molecule has 0 saturated heterocycles. The molecule has 0 saturated carbocycles. The third-order valence-electron chi connectivity index (χ3n) is 12.5. The zero-order valence-electron chi connectivity index (χ0n) is 34.2. The molecule has 61 heavy (non-hydrogen) atoms. The second-order valence-electron chi connectivity index (χ2n) is 16.6. The molecule has 10 aromatic rings. The Morgan fingerprint density at radius 1 is 0.279 bits per heavy atom. The molecule has 2 nitrogen and oxygen atoms in total. The fourth-order valence-electron chi connectivity index (χ4n) is 9.34. The fourth-order valence-corrected chi connectivity index (χ4v) is 9.34. The lowest BCUT2D eigenvalue weighted by molar-refractivity contribution is 0.660. The quantitative estimate of drug-likeness (QED) is 0.161. The van der Waals surface area contributed by atoms with E-state index in [9.17, 15) is 0 Å². The Labute approximate surface area is 357 Å². The Morgan fingerprint density at radius 2 is 0.754 bits per heavy atom. The van der Waals surface area contributed by atoms with Gasteiger partial charge in [-0.2, -0.15) is 0 Å². The van der Waals surface area contributed by atoms with Crippen molar-refractivity contribution in [3.8, 4) is 89.5 Å². The largest absolute Gasteiger partial charge is 0.228 e. The van der Waals surface area contributed by atoms with E-state index in [1.165, 1.54) is 66.6 Å². The summed E-state index contributed by atoms with van der Waals surface area (Å²) < 4.78 is 0. The first kappa shape index (κ1) is 36.4. The maximum atomic E-state index is 5.28. The molecule has 0 spiro atoms. The molecule has 288 valence electrons. The zero-order chi connectivity index (χ0) is 40.9. The molecular formula is C59H42N2. The van der Waals surface area contributed by atoms with E-state index < -0.39 is 0 Å². The van der Waals surface area contributed by atoms with E-state index >= 15 is 0 Å². The summed E-state index contributed by atoms with van der Waals surface area (Å²) in [6.45, 7) is 4.71. The van der Waals surface area contributed by atoms with Crippen molar-refractivity contribution in [2.75, 3.05) is 0 Å². The van der Waals surface area contributed by atoms with Gasteiger partial charge in [-0.15, -0.1) is 0 Å². The van der Waals surface area contributed by atoms with Gasteiger partial charge in [-0.3, -0.25) is 0 Å². The molecule has 0 aliphatic heterocycles. The standard InChI is InChI=1S/C59H42N2/c1-59(2)54-28-15-14-27-51(54)52-30-29-43(37-55(52)59)46-34-45(40-19-8-4-9-20-40)35-47(36-46)48-31-32-53(50-26-13-12-25-49(48)50)57-38-56(60-58(61-57)41-21-10-5-11-22-41)44-24-16-23-42(33-44)39-17-6-3-7-18-39/h3-38H,1-2H3. The van der Waals surface area contributed by atoms with Crippen LogP contribution < -0.4 is 0 Å². The third-order valence-corrected chi connectivity index (χ3v) is 12.5. The van der Waals surface area contributed by atoms with E-state index in [2.05, 4.69) is 214 Å². The van der Waals surface area contributed by atoms with Gasteiger partial charge in [0.15, 0.2) is 5.82 Å². The monoisotopic (exact) mass is 778 g/mol. The van der Waals surface area contributed by atoms with Crippen LogP contribution in [0.4, 0.5) is 0 Å². The van der Waals surface area contributed by atoms with Gasteiger partial charge in [-0.1, -0.05) is 196 Å². The van der Waals surface area contributed by atoms with Gasteiger partial charge in [0.05, 0.1) is 11.4 Å². The first-order chi connectivity index (χ1) is 30.0. The molecule has 0 radical (unpaired) electrons. The van der Waals surface area contributed by atoms with Crippen LogP contribution in [0.1, 0.15) is 25.0 Å². The van der Waals surface area contributed by atoms with Gasteiger partial charge in [0.25, 0.3) is 0 Å². The summed E-state index contributed by atoms with van der Waals surface area (Å²) in [6.07, 6.45) is 0. The van der Waals surface area contributed by atoms with Crippen molar-refractivity contribution < 1.29 is 0 Å². The normalized spacial score (nSPS) is 12.6. The van der Waals surface area contributed by atoms with E-state index in [4.69, 9.17) is 9.97 Å². The molecule has 0 unspecified atom stereocenters. The number of hydrogen-bond donors (Lipinski definition) is 0. The van der Waals surface area contributed by atoms with Crippen molar-refractivity contribution >= 4 is 10.8 Å². The van der Waals surface area contributed by atoms with Crippen LogP contribution in [0.25, 0.3) is 100 Å². The van der Waals surface area contributed by atoms with Crippen molar-refractivity contribution in [3.63, 3.8) is 0 Å². The summed E-state index contributed by atoms with van der Waals surface area (Å²) >= 11 is 0. The molecule has 11 rings (SSSR count). The van der Waals surface area contributed by atoms with Crippen LogP contribution in [0.2, 0.25) is 0 Å². The van der Waals surface area contributed by atoms with Crippen molar-refractivity contribution in [2.45, 2.75) is 19.3 Å². The highest BCUT2D eigenvalue weighted by Gasteiger charge is 2.35. The Hall–Kier alpha value is -7.68. The maximum absolute atomic E-state index is 5.28. The Bertz CT molecular complexity index is 3260. The van der Waals surface area contributed by atoms with Crippen molar-refractivity contribution in [1.29, 1.82) is 0 Å². The van der Waals surface area contributed by atoms with Gasteiger partial charge in [0.1, 0.15) is 0 Å². The number of rotatable bonds is 7. The molecule has 0 atom stereocenters. The molecular weight excluding hydrogens is 737 g/mol. The molecule has 1 heterocycles. The van der Waals surface area contributed by atoms with E-state index in [0.717, 1.165) is 39.0 Å². The second kappa shape index (κ2) is 14.9. The topological polar surface area (TPSA) is 25.8 Å². The van der Waals surface area contributed by atoms with Crippen molar-refractivity contribution in [1.82, 2.24) is 9.97 Å². The minimum Gasteiger partial charge on any atom is -0.228 e. The highest BCUT2D eigenvalue weighted by atomic mass is 14.9. The van der Waals surface area contributed by atoms with Crippen LogP contribution in [0.3, 0.4) is 0 Å². The smallest absolute Gasteiger partial charge is 0.160 e. The zero-order valence-corrected chi connectivity index (χ0v) is 34.2. The average Bonchev–Trinajstić information content (AvgIpc) is 3.56. The predicted octanol–water partition coefficient (Wildman–Crippen LogP) is 15.6. The second-order valence-corrected chi connectivity index (χ2v) is 16.6. The Morgan fingerprint density at radius 3 is 1.49 bits per heavy atom. The van der Waals surface area contributed by atoms with Gasteiger partial charge in [0.2, 0.25) is 0 Å². The predicted molar refractivity (Wildman–Crippen MR) is 255 cm³/mol. The summed E-state index contributed by atoms with van der Waals surface area (Å²) in [5, 5.41) is 2.32. The lowest BCUT2D eigenvalue weighted by Gasteiger charge is -2.22. The number of hydrogen-bond acceptors (Lipinski definition) is 2. The fraction of sp³-hybridized carbons (Fsp3) is 0.0508.